The third kappa shape index (κ3) is 4.67. The van der Waals surface area contributed by atoms with E-state index in [9.17, 15) is 4.39 Å². The van der Waals surface area contributed by atoms with Crippen molar-refractivity contribution in [3.8, 4) is 5.75 Å². The zero-order valence-electron chi connectivity index (χ0n) is 19.7. The summed E-state index contributed by atoms with van der Waals surface area (Å²) in [5.41, 5.74) is 20.8. The summed E-state index contributed by atoms with van der Waals surface area (Å²) in [7, 11) is 1.46. The van der Waals surface area contributed by atoms with Crippen LogP contribution in [0.3, 0.4) is 0 Å². The summed E-state index contributed by atoms with van der Waals surface area (Å²) >= 11 is 1.95. The van der Waals surface area contributed by atoms with Gasteiger partial charge < -0.3 is 10.5 Å². The molecular weight excluding hydrogens is 443 g/mol. The highest BCUT2D eigenvalue weighted by molar-refractivity contribution is 7.99. The molecule has 2 fully saturated rings. The topological polar surface area (TPSA) is 109 Å². The minimum atomic E-state index is -0.736. The first kappa shape index (κ1) is 24.5. The molecule has 6 N–H and O–H groups in total. The Labute approximate surface area is 200 Å². The molecule has 0 aliphatic carbocycles. The number of quaternary nitrogens is 1. The Hall–Kier alpha value is -1.63. The molecule has 2 saturated heterocycles. The molecule has 0 spiro atoms. The number of methoxy groups -OCH3 is 1. The minimum Gasteiger partial charge on any atom is -0.494 e. The highest BCUT2D eigenvalue weighted by Gasteiger charge is 2.52. The molecule has 0 amide bonds. The summed E-state index contributed by atoms with van der Waals surface area (Å²) in [6, 6.07) is 5.28. The number of likely N-dealkylation sites (tertiary alicyclic amines) is 1. The molecule has 3 aliphatic rings. The Balaban J connectivity index is 1.75. The van der Waals surface area contributed by atoms with Gasteiger partial charge in [0.05, 0.1) is 19.8 Å². The van der Waals surface area contributed by atoms with Crippen molar-refractivity contribution < 1.29 is 9.13 Å². The van der Waals surface area contributed by atoms with E-state index in [0.717, 1.165) is 50.5 Å². The summed E-state index contributed by atoms with van der Waals surface area (Å²) in [6.45, 7) is 7.31. The second kappa shape index (κ2) is 10.3. The molecule has 0 bridgehead atoms. The second-order valence-corrected chi connectivity index (χ2v) is 10.2. The molecule has 4 atom stereocenters. The monoisotopic (exact) mass is 481 g/mol. The van der Waals surface area contributed by atoms with Crippen molar-refractivity contribution in [1.82, 2.24) is 19.2 Å². The number of guanidine groups is 1. The third-order valence-electron chi connectivity index (χ3n) is 7.31. The van der Waals surface area contributed by atoms with Crippen LogP contribution >= 0.6 is 11.8 Å². The largest absolute Gasteiger partial charge is 0.494 e. The zero-order valence-corrected chi connectivity index (χ0v) is 20.5. The Morgan fingerprint density at radius 1 is 1.24 bits per heavy atom. The van der Waals surface area contributed by atoms with Crippen molar-refractivity contribution in [2.45, 2.75) is 38.4 Å². The first-order valence-corrected chi connectivity index (χ1v) is 12.9. The highest BCUT2D eigenvalue weighted by Crippen LogP contribution is 2.36. The molecule has 0 aromatic heterocycles. The number of nitrogens with two attached hydrogens (primary N) is 3. The van der Waals surface area contributed by atoms with Crippen LogP contribution < -0.4 is 26.4 Å². The molecule has 3 aliphatic heterocycles. The van der Waals surface area contributed by atoms with Crippen LogP contribution in [0.4, 0.5) is 10.1 Å². The number of aliphatic imine (C=N–C) groups is 1. The van der Waals surface area contributed by atoms with Gasteiger partial charge in [-0.15, -0.1) is 0 Å². The van der Waals surface area contributed by atoms with Gasteiger partial charge in [0, 0.05) is 36.7 Å². The molecule has 4 unspecified atom stereocenters. The normalized spacial score (nSPS) is 31.6. The van der Waals surface area contributed by atoms with Crippen molar-refractivity contribution >= 4 is 23.4 Å². The average molecular weight is 482 g/mol. The highest BCUT2D eigenvalue weighted by atomic mass is 32.2. The maximum atomic E-state index is 14.9. The predicted molar refractivity (Wildman–Crippen MR) is 133 cm³/mol. The fourth-order valence-corrected chi connectivity index (χ4v) is 6.35. The SMILES string of the molecule is CCN1CCCC1C[N+]1(c2ccc(OC)c(F)c2)C(N)N=C(N)N(CN2CCSCC2)C1N. The number of halogens is 1. The first-order valence-electron chi connectivity index (χ1n) is 11.8. The van der Waals surface area contributed by atoms with Crippen LogP contribution in [0.2, 0.25) is 0 Å². The van der Waals surface area contributed by atoms with Crippen molar-refractivity contribution in [2.75, 3.05) is 58.0 Å². The molecule has 0 saturated carbocycles. The number of thioether (sulfide) groups is 1. The fraction of sp³-hybridized carbons (Fsp3) is 0.682. The van der Waals surface area contributed by atoms with Crippen LogP contribution in [-0.2, 0) is 0 Å². The van der Waals surface area contributed by atoms with Crippen LogP contribution in [0.25, 0.3) is 0 Å². The lowest BCUT2D eigenvalue weighted by Crippen LogP contribution is -2.80. The smallest absolute Gasteiger partial charge is 0.248 e. The molecule has 184 valence electrons. The van der Waals surface area contributed by atoms with Crippen LogP contribution in [0, 0.1) is 5.82 Å². The zero-order chi connectivity index (χ0) is 23.6. The van der Waals surface area contributed by atoms with E-state index in [1.54, 1.807) is 6.07 Å². The summed E-state index contributed by atoms with van der Waals surface area (Å²) in [4.78, 5) is 11.4. The summed E-state index contributed by atoms with van der Waals surface area (Å²) in [6.07, 6.45) is 0.842. The van der Waals surface area contributed by atoms with Gasteiger partial charge in [0.15, 0.2) is 11.6 Å². The number of nitrogens with zero attached hydrogens (tertiary/aromatic N) is 5. The summed E-state index contributed by atoms with van der Waals surface area (Å²) in [5.74, 6) is 2.26. The second-order valence-electron chi connectivity index (χ2n) is 9.01. The van der Waals surface area contributed by atoms with Gasteiger partial charge in [-0.25, -0.2) is 8.87 Å². The van der Waals surface area contributed by atoms with Gasteiger partial charge in [-0.2, -0.15) is 16.8 Å². The molecule has 33 heavy (non-hydrogen) atoms. The number of rotatable bonds is 7. The lowest BCUT2D eigenvalue weighted by atomic mass is 10.1. The van der Waals surface area contributed by atoms with Crippen LogP contribution in [0.15, 0.2) is 23.2 Å². The molecule has 1 aromatic rings. The third-order valence-corrected chi connectivity index (χ3v) is 8.26. The van der Waals surface area contributed by atoms with E-state index in [1.165, 1.54) is 13.2 Å². The quantitative estimate of drug-likeness (QED) is 0.490. The van der Waals surface area contributed by atoms with E-state index < -0.39 is 18.4 Å². The average Bonchev–Trinajstić information content (AvgIpc) is 3.27. The Kier molecular flexibility index (Phi) is 7.66. The molecule has 4 rings (SSSR count). The van der Waals surface area contributed by atoms with E-state index >= 15 is 0 Å². The van der Waals surface area contributed by atoms with Gasteiger partial charge in [-0.1, -0.05) is 6.92 Å². The molecular formula is C22H38FN8OS+. The van der Waals surface area contributed by atoms with Gasteiger partial charge in [-0.05, 0) is 32.0 Å². The Morgan fingerprint density at radius 3 is 2.67 bits per heavy atom. The Bertz CT molecular complexity index is 854. The van der Waals surface area contributed by atoms with Crippen molar-refractivity contribution in [3.05, 3.63) is 24.0 Å². The maximum Gasteiger partial charge on any atom is 0.248 e. The van der Waals surface area contributed by atoms with E-state index in [4.69, 9.17) is 21.9 Å². The fourth-order valence-electron chi connectivity index (χ4n) is 5.38. The maximum absolute atomic E-state index is 14.9. The first-order chi connectivity index (χ1) is 15.9. The van der Waals surface area contributed by atoms with Gasteiger partial charge in [-0.3, -0.25) is 26.2 Å². The van der Waals surface area contributed by atoms with Gasteiger partial charge in [0.25, 0.3) is 0 Å². The van der Waals surface area contributed by atoms with Crippen molar-refractivity contribution in [3.63, 3.8) is 0 Å². The number of hydrogen-bond donors (Lipinski definition) is 3. The Morgan fingerprint density at radius 2 is 2.00 bits per heavy atom. The minimum absolute atomic E-state index is 0.116. The van der Waals surface area contributed by atoms with E-state index in [-0.39, 0.29) is 16.3 Å². The van der Waals surface area contributed by atoms with Crippen LogP contribution in [-0.4, -0.2) is 97.3 Å². The van der Waals surface area contributed by atoms with Crippen molar-refractivity contribution in [2.24, 2.45) is 22.2 Å². The van der Waals surface area contributed by atoms with E-state index in [2.05, 4.69) is 21.7 Å². The number of benzene rings is 1. The number of hydrogen-bond acceptors (Lipinski definition) is 9. The van der Waals surface area contributed by atoms with Gasteiger partial charge >= 0.3 is 0 Å². The van der Waals surface area contributed by atoms with Crippen LogP contribution in [0.1, 0.15) is 19.8 Å². The van der Waals surface area contributed by atoms with E-state index in [1.807, 2.05) is 22.7 Å². The molecule has 9 nitrogen and oxygen atoms in total. The lowest BCUT2D eigenvalue weighted by Gasteiger charge is -2.53. The predicted octanol–water partition coefficient (Wildman–Crippen LogP) is 0.747. The van der Waals surface area contributed by atoms with Crippen molar-refractivity contribution in [1.29, 1.82) is 0 Å². The summed E-state index contributed by atoms with van der Waals surface area (Å²) in [5, 5.41) is 0. The number of ether oxygens (including phenoxy) is 1. The summed E-state index contributed by atoms with van der Waals surface area (Å²) < 4.78 is 20.2. The molecule has 3 heterocycles. The van der Waals surface area contributed by atoms with Crippen LogP contribution in [0.5, 0.6) is 5.75 Å². The van der Waals surface area contributed by atoms with E-state index in [0.29, 0.717) is 24.9 Å². The molecule has 1 aromatic carbocycles. The lowest BCUT2D eigenvalue weighted by molar-refractivity contribution is 0.00511. The molecule has 0 radical (unpaired) electrons. The van der Waals surface area contributed by atoms with Gasteiger partial charge in [0.1, 0.15) is 12.2 Å². The molecule has 11 heteroatoms. The number of likely N-dealkylation sites (N-methyl/N-ethyl adjacent to an activating group) is 1. The van der Waals surface area contributed by atoms with Gasteiger partial charge in [0.2, 0.25) is 18.5 Å². The standard InChI is InChI=1S/C22H38FN8OS/c1-3-29-8-4-5-16(29)14-31(17-6-7-19(32-2)18(23)13-17)21(25)27-20(24)30(22(31)26)15-28-9-11-33-12-10-28/h6-7,13,16,21-22H,3-5,8-12,14-15,25-26H2,1-2H3,(H2,24,27)/q+1.